The smallest absolute Gasteiger partial charge is 0.254 e. The van der Waals surface area contributed by atoms with Crippen LogP contribution in [-0.4, -0.2) is 35.3 Å². The van der Waals surface area contributed by atoms with E-state index in [1.165, 1.54) is 6.42 Å². The topological polar surface area (TPSA) is 73.2 Å². The van der Waals surface area contributed by atoms with Crippen molar-refractivity contribution in [2.24, 2.45) is 11.8 Å². The minimum atomic E-state index is -0.424. The molecule has 2 aliphatic rings. The van der Waals surface area contributed by atoms with Gasteiger partial charge in [-0.3, -0.25) is 9.59 Å². The molecule has 1 aliphatic carbocycles. The summed E-state index contributed by atoms with van der Waals surface area (Å²) in [4.78, 5) is 27.7. The second kappa shape index (κ2) is 7.69. The number of nitrogens with one attached hydrogen (secondary N) is 1. The van der Waals surface area contributed by atoms with Crippen LogP contribution in [0.25, 0.3) is 0 Å². The van der Waals surface area contributed by atoms with Crippen LogP contribution in [0.1, 0.15) is 49.4 Å². The molecule has 1 aromatic carbocycles. The van der Waals surface area contributed by atoms with E-state index in [1.807, 2.05) is 35.2 Å². The minimum absolute atomic E-state index is 0.0523. The SMILES string of the molecule is CC(C#N)CNC(=O)C1CC2CCCCC2N1C(=O)c1ccccc1. The van der Waals surface area contributed by atoms with Gasteiger partial charge in [-0.2, -0.15) is 5.26 Å². The first-order chi connectivity index (χ1) is 12.1. The van der Waals surface area contributed by atoms with Crippen LogP contribution >= 0.6 is 0 Å². The zero-order valence-electron chi connectivity index (χ0n) is 14.6. The van der Waals surface area contributed by atoms with E-state index in [-0.39, 0.29) is 23.8 Å². The van der Waals surface area contributed by atoms with Crippen LogP contribution < -0.4 is 5.32 Å². The molecule has 0 spiro atoms. The molecule has 132 valence electrons. The van der Waals surface area contributed by atoms with Crippen molar-refractivity contribution in [2.75, 3.05) is 6.54 Å². The number of hydrogen-bond donors (Lipinski definition) is 1. The van der Waals surface area contributed by atoms with E-state index < -0.39 is 6.04 Å². The van der Waals surface area contributed by atoms with Crippen LogP contribution in [-0.2, 0) is 4.79 Å². The Balaban J connectivity index is 1.81. The molecule has 1 N–H and O–H groups in total. The summed E-state index contributed by atoms with van der Waals surface area (Å²) in [5, 5.41) is 11.8. The third-order valence-electron chi connectivity index (χ3n) is 5.45. The maximum atomic E-state index is 13.1. The van der Waals surface area contributed by atoms with Crippen LogP contribution in [0.5, 0.6) is 0 Å². The largest absolute Gasteiger partial charge is 0.353 e. The fourth-order valence-corrected chi connectivity index (χ4v) is 4.13. The molecule has 4 atom stereocenters. The highest BCUT2D eigenvalue weighted by molar-refractivity contribution is 5.98. The average Bonchev–Trinajstić information content (AvgIpc) is 3.05. The van der Waals surface area contributed by atoms with Crippen molar-refractivity contribution in [3.63, 3.8) is 0 Å². The quantitative estimate of drug-likeness (QED) is 0.916. The molecule has 3 rings (SSSR count). The molecular weight excluding hydrogens is 314 g/mol. The van der Waals surface area contributed by atoms with Crippen molar-refractivity contribution in [1.82, 2.24) is 10.2 Å². The molecule has 25 heavy (non-hydrogen) atoms. The predicted molar refractivity (Wildman–Crippen MR) is 94.5 cm³/mol. The van der Waals surface area contributed by atoms with Crippen molar-refractivity contribution in [3.05, 3.63) is 35.9 Å². The first-order valence-corrected chi connectivity index (χ1v) is 9.17. The van der Waals surface area contributed by atoms with Gasteiger partial charge in [0.25, 0.3) is 5.91 Å². The first kappa shape index (κ1) is 17.5. The fourth-order valence-electron chi connectivity index (χ4n) is 4.13. The van der Waals surface area contributed by atoms with Gasteiger partial charge in [0.2, 0.25) is 5.91 Å². The predicted octanol–water partition coefficient (Wildman–Crippen LogP) is 2.74. The molecule has 0 bridgehead atoms. The Bertz CT molecular complexity index is 667. The lowest BCUT2D eigenvalue weighted by Gasteiger charge is -2.33. The third-order valence-corrected chi connectivity index (χ3v) is 5.45. The average molecular weight is 339 g/mol. The molecule has 5 nitrogen and oxygen atoms in total. The van der Waals surface area contributed by atoms with Crippen molar-refractivity contribution >= 4 is 11.8 Å². The summed E-state index contributed by atoms with van der Waals surface area (Å²) in [7, 11) is 0. The zero-order valence-corrected chi connectivity index (χ0v) is 14.6. The van der Waals surface area contributed by atoms with E-state index in [1.54, 1.807) is 6.92 Å². The van der Waals surface area contributed by atoms with Gasteiger partial charge in [-0.25, -0.2) is 0 Å². The number of carbonyl (C=O) groups is 2. The molecular formula is C20H25N3O2. The van der Waals surface area contributed by atoms with Gasteiger partial charge in [0.15, 0.2) is 0 Å². The molecule has 1 saturated heterocycles. The highest BCUT2D eigenvalue weighted by Crippen LogP contribution is 2.40. The second-order valence-corrected chi connectivity index (χ2v) is 7.22. The minimum Gasteiger partial charge on any atom is -0.353 e. The molecule has 2 amide bonds. The van der Waals surface area contributed by atoms with E-state index in [2.05, 4.69) is 11.4 Å². The normalized spacial score (nSPS) is 26.4. The van der Waals surface area contributed by atoms with E-state index in [0.29, 0.717) is 18.0 Å². The van der Waals surface area contributed by atoms with E-state index in [4.69, 9.17) is 5.26 Å². The number of benzene rings is 1. The molecule has 4 unspecified atom stereocenters. The number of hydrogen-bond acceptors (Lipinski definition) is 3. The summed E-state index contributed by atoms with van der Waals surface area (Å²) in [6.45, 7) is 2.11. The summed E-state index contributed by atoms with van der Waals surface area (Å²) >= 11 is 0. The standard InChI is InChI=1S/C20H25N3O2/c1-14(12-21)13-22-19(24)18-11-16-9-5-6-10-17(16)23(18)20(25)15-7-3-2-4-8-15/h2-4,7-8,14,16-18H,5-6,9-11,13H2,1H3,(H,22,24). The summed E-state index contributed by atoms with van der Waals surface area (Å²) in [6, 6.07) is 11.1. The molecule has 1 heterocycles. The maximum absolute atomic E-state index is 13.1. The Morgan fingerprint density at radius 2 is 2.00 bits per heavy atom. The van der Waals surface area contributed by atoms with E-state index in [9.17, 15) is 9.59 Å². The second-order valence-electron chi connectivity index (χ2n) is 7.22. The van der Waals surface area contributed by atoms with Gasteiger partial charge < -0.3 is 10.2 Å². The van der Waals surface area contributed by atoms with Crippen LogP contribution in [0.4, 0.5) is 0 Å². The lowest BCUT2D eigenvalue weighted by Crippen LogP contribution is -2.50. The van der Waals surface area contributed by atoms with Crippen LogP contribution in [0.15, 0.2) is 30.3 Å². The maximum Gasteiger partial charge on any atom is 0.254 e. The van der Waals surface area contributed by atoms with E-state index in [0.717, 1.165) is 25.7 Å². The number of nitriles is 1. The van der Waals surface area contributed by atoms with Crippen LogP contribution in [0.3, 0.4) is 0 Å². The highest BCUT2D eigenvalue weighted by atomic mass is 16.2. The summed E-state index contributed by atoms with van der Waals surface area (Å²) in [6.07, 6.45) is 5.08. The summed E-state index contributed by atoms with van der Waals surface area (Å²) in [5.41, 5.74) is 0.636. The Labute approximate surface area is 149 Å². The number of rotatable bonds is 4. The van der Waals surface area contributed by atoms with Crippen molar-refractivity contribution < 1.29 is 9.59 Å². The molecule has 1 saturated carbocycles. The Morgan fingerprint density at radius 1 is 1.28 bits per heavy atom. The number of likely N-dealkylation sites (tertiary alicyclic amines) is 1. The number of fused-ring (bicyclic) bond motifs is 1. The fraction of sp³-hybridized carbons (Fsp3) is 0.550. The molecule has 1 aliphatic heterocycles. The first-order valence-electron chi connectivity index (χ1n) is 9.17. The Morgan fingerprint density at radius 3 is 2.72 bits per heavy atom. The summed E-state index contributed by atoms with van der Waals surface area (Å²) < 4.78 is 0. The van der Waals surface area contributed by atoms with Gasteiger partial charge in [0.05, 0.1) is 12.0 Å². The molecule has 2 fully saturated rings. The van der Waals surface area contributed by atoms with Crippen LogP contribution in [0, 0.1) is 23.2 Å². The van der Waals surface area contributed by atoms with Crippen molar-refractivity contribution in [3.8, 4) is 6.07 Å². The van der Waals surface area contributed by atoms with Gasteiger partial charge in [0.1, 0.15) is 6.04 Å². The van der Waals surface area contributed by atoms with Gasteiger partial charge in [-0.15, -0.1) is 0 Å². The number of nitrogens with zero attached hydrogens (tertiary/aromatic N) is 2. The number of amides is 2. The van der Waals surface area contributed by atoms with Gasteiger partial charge in [0, 0.05) is 18.2 Å². The van der Waals surface area contributed by atoms with Crippen molar-refractivity contribution in [1.29, 1.82) is 5.26 Å². The lowest BCUT2D eigenvalue weighted by molar-refractivity contribution is -0.125. The van der Waals surface area contributed by atoms with Gasteiger partial charge in [-0.1, -0.05) is 31.0 Å². The molecule has 1 aromatic rings. The Kier molecular flexibility index (Phi) is 5.37. The van der Waals surface area contributed by atoms with Gasteiger partial charge >= 0.3 is 0 Å². The summed E-state index contributed by atoms with van der Waals surface area (Å²) in [5.74, 6) is 0.000667. The van der Waals surface area contributed by atoms with Gasteiger partial charge in [-0.05, 0) is 44.2 Å². The monoisotopic (exact) mass is 339 g/mol. The molecule has 0 aromatic heterocycles. The molecule has 0 radical (unpaired) electrons. The lowest BCUT2D eigenvalue weighted by atomic mass is 9.84. The molecule has 5 heteroatoms. The third kappa shape index (κ3) is 3.68. The van der Waals surface area contributed by atoms with E-state index >= 15 is 0 Å². The zero-order chi connectivity index (χ0) is 17.8. The van der Waals surface area contributed by atoms with Crippen LogP contribution in [0.2, 0.25) is 0 Å². The Hall–Kier alpha value is -2.35. The van der Waals surface area contributed by atoms with Crippen molar-refractivity contribution in [2.45, 2.75) is 51.1 Å². The highest BCUT2D eigenvalue weighted by Gasteiger charge is 2.47. The number of carbonyl (C=O) groups excluding carboxylic acids is 2.